The Labute approximate surface area is 137 Å². The largest absolute Gasteiger partial charge is 1.00 e. The number of rotatable bonds is 3. The molecule has 0 radical (unpaired) electrons. The van der Waals surface area contributed by atoms with Crippen molar-refractivity contribution in [2.24, 2.45) is 0 Å². The molecule has 0 spiro atoms. The summed E-state index contributed by atoms with van der Waals surface area (Å²) in [4.78, 5) is 10.9. The van der Waals surface area contributed by atoms with Crippen molar-refractivity contribution in [2.75, 3.05) is 0 Å². The summed E-state index contributed by atoms with van der Waals surface area (Å²) in [5, 5.41) is 10.2. The Morgan fingerprint density at radius 2 is 1.81 bits per heavy atom. The normalized spacial score (nSPS) is 10.3. The van der Waals surface area contributed by atoms with E-state index in [1.807, 2.05) is 24.3 Å². The Balaban J connectivity index is 0.00000161. The molecule has 1 N–H and O–H groups in total. The van der Waals surface area contributed by atoms with Crippen LogP contribution in [0.5, 0.6) is 0 Å². The fourth-order valence-corrected chi connectivity index (χ4v) is 3.30. The summed E-state index contributed by atoms with van der Waals surface area (Å²) in [6.07, 6.45) is 0. The summed E-state index contributed by atoms with van der Waals surface area (Å²) in [6, 6.07) is 15.4. The minimum Gasteiger partial charge on any atom is -1.00 e. The lowest BCUT2D eigenvalue weighted by Gasteiger charge is -1.99. The Kier molecular flexibility index (Phi) is 4.75. The van der Waals surface area contributed by atoms with Crippen LogP contribution in [0.1, 0.15) is 20.9 Å². The van der Waals surface area contributed by atoms with Crippen LogP contribution in [0.2, 0.25) is 0 Å². The van der Waals surface area contributed by atoms with E-state index >= 15 is 0 Å². The lowest BCUT2D eigenvalue weighted by Crippen LogP contribution is -3.00. The molecular weight excluding hydrogens is 350 g/mol. The second-order valence-corrected chi connectivity index (χ2v) is 5.91. The highest BCUT2D eigenvalue weighted by molar-refractivity contribution is 7.18. The van der Waals surface area contributed by atoms with E-state index in [1.165, 1.54) is 15.2 Å². The van der Waals surface area contributed by atoms with Crippen LogP contribution in [0.4, 0.5) is 0 Å². The van der Waals surface area contributed by atoms with Gasteiger partial charge in [-0.2, -0.15) is 4.57 Å². The van der Waals surface area contributed by atoms with Gasteiger partial charge in [-0.1, -0.05) is 35.6 Å². The van der Waals surface area contributed by atoms with Crippen LogP contribution in [0.25, 0.3) is 10.2 Å². The molecule has 0 saturated heterocycles. The standard InChI is InChI=1S/C16H13NO2S.BrH/c1-11-17(14-4-2-3-5-15(14)20-11)10-12-6-8-13(9-7-12)16(18)19;/h2-9H,10H2,1H3;1H. The van der Waals surface area contributed by atoms with Gasteiger partial charge in [-0.3, -0.25) is 0 Å². The Bertz CT molecular complexity index is 781. The molecule has 0 fully saturated rings. The molecular formula is C16H14BrNO2S. The SMILES string of the molecule is Cc1sc2ccccc2[n+]1Cc1ccc(C(=O)O)cc1.[Br-]. The molecule has 0 aliphatic heterocycles. The first kappa shape index (κ1) is 15.7. The van der Waals surface area contributed by atoms with Crippen LogP contribution in [0.3, 0.4) is 0 Å². The first-order valence-electron chi connectivity index (χ1n) is 6.35. The van der Waals surface area contributed by atoms with Crippen molar-refractivity contribution >= 4 is 27.5 Å². The van der Waals surface area contributed by atoms with E-state index in [9.17, 15) is 4.79 Å². The molecule has 5 heteroatoms. The maximum atomic E-state index is 10.9. The minimum atomic E-state index is -0.888. The monoisotopic (exact) mass is 363 g/mol. The fraction of sp³-hybridized carbons (Fsp3) is 0.125. The maximum absolute atomic E-state index is 10.9. The molecule has 0 unspecified atom stereocenters. The molecule has 0 bridgehead atoms. The number of halogens is 1. The number of hydrogen-bond donors (Lipinski definition) is 1. The smallest absolute Gasteiger partial charge is 0.335 e. The summed E-state index contributed by atoms with van der Waals surface area (Å²) in [5.74, 6) is -0.888. The van der Waals surface area contributed by atoms with Crippen LogP contribution in [-0.2, 0) is 6.54 Å². The number of hydrogen-bond acceptors (Lipinski definition) is 2. The lowest BCUT2D eigenvalue weighted by atomic mass is 10.1. The van der Waals surface area contributed by atoms with Crippen molar-refractivity contribution < 1.29 is 31.4 Å². The molecule has 2 aromatic carbocycles. The van der Waals surface area contributed by atoms with E-state index in [0.717, 1.165) is 12.1 Å². The van der Waals surface area contributed by atoms with Gasteiger partial charge in [0.25, 0.3) is 0 Å². The van der Waals surface area contributed by atoms with E-state index in [2.05, 4.69) is 23.6 Å². The van der Waals surface area contributed by atoms with Crippen LogP contribution < -0.4 is 21.5 Å². The predicted molar refractivity (Wildman–Crippen MR) is 79.3 cm³/mol. The van der Waals surface area contributed by atoms with Crippen LogP contribution in [0, 0.1) is 6.92 Å². The maximum Gasteiger partial charge on any atom is 0.335 e. The number of para-hydroxylation sites is 1. The zero-order valence-corrected chi connectivity index (χ0v) is 13.8. The number of nitrogens with zero attached hydrogens (tertiary/aromatic N) is 1. The highest BCUT2D eigenvalue weighted by Gasteiger charge is 2.16. The number of aromatic carboxylic acids is 1. The molecule has 3 nitrogen and oxygen atoms in total. The zero-order chi connectivity index (χ0) is 14.1. The third-order valence-corrected chi connectivity index (χ3v) is 4.42. The van der Waals surface area contributed by atoms with E-state index in [-0.39, 0.29) is 17.0 Å². The van der Waals surface area contributed by atoms with Crippen LogP contribution in [0.15, 0.2) is 48.5 Å². The molecule has 0 aliphatic carbocycles. The third kappa shape index (κ3) is 3.14. The Morgan fingerprint density at radius 1 is 1.14 bits per heavy atom. The van der Waals surface area contributed by atoms with Crippen molar-refractivity contribution in [3.63, 3.8) is 0 Å². The number of fused-ring (bicyclic) bond motifs is 1. The fourth-order valence-electron chi connectivity index (χ4n) is 2.28. The molecule has 21 heavy (non-hydrogen) atoms. The van der Waals surface area contributed by atoms with Crippen molar-refractivity contribution in [2.45, 2.75) is 13.5 Å². The molecule has 3 aromatic rings. The Hall–Kier alpha value is -1.72. The minimum absolute atomic E-state index is 0. The number of carbonyl (C=O) groups is 1. The van der Waals surface area contributed by atoms with Gasteiger partial charge in [0.1, 0.15) is 4.70 Å². The summed E-state index contributed by atoms with van der Waals surface area (Å²) >= 11 is 1.77. The summed E-state index contributed by atoms with van der Waals surface area (Å²) in [7, 11) is 0. The first-order valence-corrected chi connectivity index (χ1v) is 7.17. The van der Waals surface area contributed by atoms with Gasteiger partial charge in [0, 0.05) is 18.6 Å². The molecule has 3 rings (SSSR count). The number of aromatic nitrogens is 1. The van der Waals surface area contributed by atoms with Crippen LogP contribution >= 0.6 is 11.3 Å². The molecule has 0 saturated carbocycles. The summed E-state index contributed by atoms with van der Waals surface area (Å²) < 4.78 is 3.53. The average Bonchev–Trinajstić information content (AvgIpc) is 2.76. The van der Waals surface area contributed by atoms with Gasteiger partial charge in [-0.05, 0) is 18.2 Å². The Morgan fingerprint density at radius 3 is 2.48 bits per heavy atom. The van der Waals surface area contributed by atoms with Crippen molar-refractivity contribution in [1.82, 2.24) is 0 Å². The second kappa shape index (κ2) is 6.37. The quantitative estimate of drug-likeness (QED) is 0.677. The lowest BCUT2D eigenvalue weighted by molar-refractivity contribution is -0.664. The number of carboxylic acids is 1. The van der Waals surface area contributed by atoms with Gasteiger partial charge in [0.15, 0.2) is 6.54 Å². The molecule has 1 heterocycles. The highest BCUT2D eigenvalue weighted by atomic mass is 79.9. The van der Waals surface area contributed by atoms with Gasteiger partial charge in [-0.15, -0.1) is 0 Å². The van der Waals surface area contributed by atoms with Crippen molar-refractivity contribution in [3.8, 4) is 0 Å². The van der Waals surface area contributed by atoms with Crippen molar-refractivity contribution in [3.05, 3.63) is 64.7 Å². The van der Waals surface area contributed by atoms with Crippen molar-refractivity contribution in [1.29, 1.82) is 0 Å². The summed E-state index contributed by atoms with van der Waals surface area (Å²) in [5.41, 5.74) is 2.65. The van der Waals surface area contributed by atoms with Gasteiger partial charge in [-0.25, -0.2) is 4.79 Å². The number of carboxylic acid groups (broad SMARTS) is 1. The van der Waals surface area contributed by atoms with Gasteiger partial charge >= 0.3 is 5.97 Å². The van der Waals surface area contributed by atoms with Gasteiger partial charge < -0.3 is 22.1 Å². The molecule has 108 valence electrons. The van der Waals surface area contributed by atoms with Crippen LogP contribution in [-0.4, -0.2) is 11.1 Å². The first-order chi connectivity index (χ1) is 9.65. The predicted octanol–water partition coefficient (Wildman–Crippen LogP) is 0.248. The highest BCUT2D eigenvalue weighted by Crippen LogP contribution is 2.19. The topological polar surface area (TPSA) is 41.2 Å². The number of aryl methyl sites for hydroxylation is 1. The van der Waals surface area contributed by atoms with E-state index in [0.29, 0.717) is 5.56 Å². The molecule has 0 aliphatic rings. The van der Waals surface area contributed by atoms with Gasteiger partial charge in [0.05, 0.1) is 5.56 Å². The number of thiazole rings is 1. The third-order valence-electron chi connectivity index (χ3n) is 3.34. The molecule has 1 aromatic heterocycles. The van der Waals surface area contributed by atoms with E-state index in [1.54, 1.807) is 23.5 Å². The average molecular weight is 364 g/mol. The summed E-state index contributed by atoms with van der Waals surface area (Å²) in [6.45, 7) is 2.87. The zero-order valence-electron chi connectivity index (χ0n) is 11.4. The van der Waals surface area contributed by atoms with Gasteiger partial charge in [0.2, 0.25) is 10.5 Å². The molecule has 0 amide bonds. The number of benzene rings is 2. The van der Waals surface area contributed by atoms with E-state index < -0.39 is 5.97 Å². The molecule has 0 atom stereocenters. The van der Waals surface area contributed by atoms with E-state index in [4.69, 9.17) is 5.11 Å². The second-order valence-electron chi connectivity index (χ2n) is 4.68.